The van der Waals surface area contributed by atoms with E-state index in [4.69, 9.17) is 5.11 Å². The van der Waals surface area contributed by atoms with Crippen LogP contribution in [0.3, 0.4) is 0 Å². The van der Waals surface area contributed by atoms with Crippen molar-refractivity contribution in [2.75, 3.05) is 0 Å². The fourth-order valence-electron chi connectivity index (χ4n) is 1.30. The molecule has 0 aliphatic heterocycles. The zero-order valence-corrected chi connectivity index (χ0v) is 9.82. The second-order valence-electron chi connectivity index (χ2n) is 3.37. The van der Waals surface area contributed by atoms with Crippen LogP contribution in [0, 0.1) is 5.82 Å². The summed E-state index contributed by atoms with van der Waals surface area (Å²) in [5.41, 5.74) is 0.592. The molecule has 0 spiro atoms. The van der Waals surface area contributed by atoms with Crippen LogP contribution in [0.5, 0.6) is 0 Å². The van der Waals surface area contributed by atoms with Crippen LogP contribution in [-0.4, -0.2) is 15.1 Å². The highest BCUT2D eigenvalue weighted by Gasteiger charge is 2.01. The summed E-state index contributed by atoms with van der Waals surface area (Å²) in [4.78, 5) is 9.08. The van der Waals surface area contributed by atoms with Crippen LogP contribution in [0.25, 0.3) is 0 Å². The molecule has 17 heavy (non-hydrogen) atoms. The van der Waals surface area contributed by atoms with E-state index in [1.165, 1.54) is 23.9 Å². The van der Waals surface area contributed by atoms with Gasteiger partial charge >= 0.3 is 0 Å². The van der Waals surface area contributed by atoms with Gasteiger partial charge in [0, 0.05) is 11.1 Å². The molecular formula is C12H11FN2OS. The number of nitrogens with zero attached hydrogens (tertiary/aromatic N) is 2. The molecule has 0 fully saturated rings. The molecule has 0 atom stereocenters. The number of aliphatic hydroxyl groups excluding tert-OH is 1. The summed E-state index contributed by atoms with van der Waals surface area (Å²) in [5, 5.41) is 8.94. The number of thioether (sulfide) groups is 1. The highest BCUT2D eigenvalue weighted by Crippen LogP contribution is 2.21. The van der Waals surface area contributed by atoms with E-state index in [1.54, 1.807) is 18.3 Å². The Bertz CT molecular complexity index is 507. The number of halogens is 1. The van der Waals surface area contributed by atoms with Gasteiger partial charge in [-0.3, -0.25) is 0 Å². The van der Waals surface area contributed by atoms with Crippen molar-refractivity contribution in [3.05, 3.63) is 53.9 Å². The van der Waals surface area contributed by atoms with Crippen LogP contribution in [0.2, 0.25) is 0 Å². The van der Waals surface area contributed by atoms with Gasteiger partial charge in [0.1, 0.15) is 11.6 Å². The number of hydrogen-bond acceptors (Lipinski definition) is 4. The fraction of sp³-hybridized carbons (Fsp3) is 0.167. The maximum absolute atomic E-state index is 12.9. The third-order valence-electron chi connectivity index (χ3n) is 2.09. The number of benzene rings is 1. The van der Waals surface area contributed by atoms with E-state index in [1.807, 2.05) is 6.07 Å². The average Bonchev–Trinajstić information content (AvgIpc) is 2.37. The highest BCUT2D eigenvalue weighted by atomic mass is 32.2. The lowest BCUT2D eigenvalue weighted by Crippen LogP contribution is -1.97. The van der Waals surface area contributed by atoms with Crippen LogP contribution in [0.15, 0.2) is 41.4 Å². The average molecular weight is 250 g/mol. The van der Waals surface area contributed by atoms with E-state index in [0.29, 0.717) is 17.3 Å². The quantitative estimate of drug-likeness (QED) is 0.846. The van der Waals surface area contributed by atoms with Crippen molar-refractivity contribution >= 4 is 11.8 Å². The third kappa shape index (κ3) is 3.51. The van der Waals surface area contributed by atoms with E-state index in [9.17, 15) is 4.39 Å². The maximum Gasteiger partial charge on any atom is 0.138 e. The van der Waals surface area contributed by atoms with Gasteiger partial charge in [0.2, 0.25) is 0 Å². The Morgan fingerprint density at radius 2 is 2.18 bits per heavy atom. The fourth-order valence-corrected chi connectivity index (χ4v) is 2.11. The third-order valence-corrected chi connectivity index (χ3v) is 3.08. The van der Waals surface area contributed by atoms with Gasteiger partial charge in [0.25, 0.3) is 0 Å². The molecule has 0 radical (unpaired) electrons. The van der Waals surface area contributed by atoms with Crippen LogP contribution in [-0.2, 0) is 12.4 Å². The zero-order chi connectivity index (χ0) is 12.1. The molecule has 1 aromatic heterocycles. The lowest BCUT2D eigenvalue weighted by atomic mass is 10.4. The second kappa shape index (κ2) is 5.75. The Balaban J connectivity index is 2.02. The molecule has 2 rings (SSSR count). The summed E-state index contributed by atoms with van der Waals surface area (Å²) in [6.45, 7) is -0.0971. The molecule has 0 aliphatic rings. The highest BCUT2D eigenvalue weighted by molar-refractivity contribution is 7.98. The van der Waals surface area contributed by atoms with Crippen molar-refractivity contribution in [2.24, 2.45) is 0 Å². The summed E-state index contributed by atoms with van der Waals surface area (Å²) < 4.78 is 12.9. The number of hydrogen-bond donors (Lipinski definition) is 1. The monoisotopic (exact) mass is 250 g/mol. The number of aromatic nitrogens is 2. The lowest BCUT2D eigenvalue weighted by Gasteiger charge is -2.02. The first-order chi connectivity index (χ1) is 8.28. The van der Waals surface area contributed by atoms with Gasteiger partial charge < -0.3 is 5.11 Å². The normalized spacial score (nSPS) is 10.5. The molecule has 0 unspecified atom stereocenters. The minimum atomic E-state index is -0.250. The molecule has 3 nitrogen and oxygen atoms in total. The molecule has 88 valence electrons. The van der Waals surface area contributed by atoms with Gasteiger partial charge in [-0.1, -0.05) is 6.07 Å². The first-order valence-corrected chi connectivity index (χ1v) is 6.06. The van der Waals surface area contributed by atoms with E-state index in [0.717, 1.165) is 4.90 Å². The van der Waals surface area contributed by atoms with E-state index >= 15 is 0 Å². The van der Waals surface area contributed by atoms with Crippen molar-refractivity contribution < 1.29 is 9.50 Å². The van der Waals surface area contributed by atoms with Gasteiger partial charge in [-0.2, -0.15) is 0 Å². The van der Waals surface area contributed by atoms with Crippen LogP contribution >= 0.6 is 11.8 Å². The molecule has 0 saturated heterocycles. The summed E-state index contributed by atoms with van der Waals surface area (Å²) >= 11 is 1.46. The molecular weight excluding hydrogens is 239 g/mol. The van der Waals surface area contributed by atoms with Crippen molar-refractivity contribution in [1.82, 2.24) is 9.97 Å². The van der Waals surface area contributed by atoms with Gasteiger partial charge in [-0.05, 0) is 24.3 Å². The number of aliphatic hydroxyl groups is 1. The molecule has 1 N–H and O–H groups in total. The Labute approximate surface area is 103 Å². The molecule has 0 bridgehead atoms. The summed E-state index contributed by atoms with van der Waals surface area (Å²) in [5.74, 6) is 0.933. The van der Waals surface area contributed by atoms with Crippen molar-refractivity contribution in [3.63, 3.8) is 0 Å². The Morgan fingerprint density at radius 3 is 2.94 bits per heavy atom. The molecule has 1 aromatic carbocycles. The largest absolute Gasteiger partial charge is 0.390 e. The van der Waals surface area contributed by atoms with Gasteiger partial charge in [-0.25, -0.2) is 14.4 Å². The molecule has 2 aromatic rings. The van der Waals surface area contributed by atoms with Gasteiger partial charge in [0.05, 0.1) is 18.1 Å². The molecule has 0 saturated carbocycles. The Hall–Kier alpha value is -1.46. The summed E-state index contributed by atoms with van der Waals surface area (Å²) in [6, 6.07) is 8.05. The minimum Gasteiger partial charge on any atom is -0.390 e. The molecule has 1 heterocycles. The SMILES string of the molecule is OCc1ccnc(CSc2cccc(F)c2)n1. The Kier molecular flexibility index (Phi) is 4.06. The molecule has 0 amide bonds. The van der Waals surface area contributed by atoms with E-state index in [2.05, 4.69) is 9.97 Å². The van der Waals surface area contributed by atoms with E-state index in [-0.39, 0.29) is 12.4 Å². The maximum atomic E-state index is 12.9. The molecule has 0 aliphatic carbocycles. The lowest BCUT2D eigenvalue weighted by molar-refractivity contribution is 0.276. The van der Waals surface area contributed by atoms with Crippen molar-refractivity contribution in [1.29, 1.82) is 0 Å². The predicted molar refractivity (Wildman–Crippen MR) is 63.9 cm³/mol. The topological polar surface area (TPSA) is 46.0 Å². The first-order valence-electron chi connectivity index (χ1n) is 5.08. The van der Waals surface area contributed by atoms with Gasteiger partial charge in [0.15, 0.2) is 0 Å². The number of rotatable bonds is 4. The standard InChI is InChI=1S/C12H11FN2OS/c13-9-2-1-3-11(6-9)17-8-12-14-5-4-10(7-16)15-12/h1-6,16H,7-8H2. The summed E-state index contributed by atoms with van der Waals surface area (Å²) in [7, 11) is 0. The minimum absolute atomic E-state index is 0.0971. The Morgan fingerprint density at radius 1 is 1.29 bits per heavy atom. The van der Waals surface area contributed by atoms with Crippen LogP contribution in [0.4, 0.5) is 4.39 Å². The van der Waals surface area contributed by atoms with Crippen molar-refractivity contribution in [2.45, 2.75) is 17.3 Å². The van der Waals surface area contributed by atoms with Crippen molar-refractivity contribution in [3.8, 4) is 0 Å². The van der Waals surface area contributed by atoms with Gasteiger partial charge in [-0.15, -0.1) is 11.8 Å². The zero-order valence-electron chi connectivity index (χ0n) is 9.01. The predicted octanol–water partition coefficient (Wildman–Crippen LogP) is 2.40. The van der Waals surface area contributed by atoms with E-state index < -0.39 is 0 Å². The van der Waals surface area contributed by atoms with Crippen LogP contribution < -0.4 is 0 Å². The summed E-state index contributed by atoms with van der Waals surface area (Å²) in [6.07, 6.45) is 1.61. The molecule has 5 heteroatoms. The van der Waals surface area contributed by atoms with Crippen LogP contribution in [0.1, 0.15) is 11.5 Å². The second-order valence-corrected chi connectivity index (χ2v) is 4.42. The first kappa shape index (κ1) is 12.0. The smallest absolute Gasteiger partial charge is 0.138 e.